The van der Waals surface area contributed by atoms with Crippen LogP contribution < -0.4 is 9.64 Å². The lowest BCUT2D eigenvalue weighted by Crippen LogP contribution is -2.30. The van der Waals surface area contributed by atoms with E-state index >= 15 is 0 Å². The van der Waals surface area contributed by atoms with Gasteiger partial charge in [0, 0.05) is 5.69 Å². The number of anilines is 1. The standard InChI is InChI=1S/C20H17NO7/c1-10(22)16-17(12-5-8-14(23)15(9-12)28-2)21(19(25)18(16)24)13-6-3-11(4-7-13)20(26)27/h3-9,17,23-24H,1-2H3,(H,26,27)/t17-/m1/s1. The Kier molecular flexibility index (Phi) is 4.79. The number of rotatable bonds is 5. The van der Waals surface area contributed by atoms with Crippen LogP contribution in [0.5, 0.6) is 11.5 Å². The van der Waals surface area contributed by atoms with E-state index in [9.17, 15) is 24.6 Å². The first kappa shape index (κ1) is 19.0. The topological polar surface area (TPSA) is 124 Å². The number of aliphatic hydroxyl groups excluding tert-OH is 1. The zero-order valence-electron chi connectivity index (χ0n) is 15.0. The Bertz CT molecular complexity index is 1010. The molecule has 0 saturated carbocycles. The monoisotopic (exact) mass is 383 g/mol. The number of hydrogen-bond acceptors (Lipinski definition) is 6. The number of phenols is 1. The number of aliphatic hydroxyl groups is 1. The van der Waals surface area contributed by atoms with E-state index in [0.29, 0.717) is 11.3 Å². The van der Waals surface area contributed by atoms with Crippen molar-refractivity contribution in [2.45, 2.75) is 13.0 Å². The lowest BCUT2D eigenvalue weighted by Gasteiger charge is -2.27. The maximum absolute atomic E-state index is 12.7. The van der Waals surface area contributed by atoms with Crippen LogP contribution in [-0.4, -0.2) is 40.1 Å². The van der Waals surface area contributed by atoms with Crippen LogP contribution in [0.4, 0.5) is 5.69 Å². The van der Waals surface area contributed by atoms with Gasteiger partial charge in [0.1, 0.15) is 0 Å². The van der Waals surface area contributed by atoms with Gasteiger partial charge in [-0.25, -0.2) is 4.79 Å². The number of nitrogens with zero attached hydrogens (tertiary/aromatic N) is 1. The van der Waals surface area contributed by atoms with Crippen molar-refractivity contribution in [2.75, 3.05) is 12.0 Å². The van der Waals surface area contributed by atoms with Crippen LogP contribution >= 0.6 is 0 Å². The van der Waals surface area contributed by atoms with E-state index < -0.39 is 29.5 Å². The van der Waals surface area contributed by atoms with E-state index in [1.807, 2.05) is 0 Å². The van der Waals surface area contributed by atoms with Gasteiger partial charge in [-0.15, -0.1) is 0 Å². The zero-order chi connectivity index (χ0) is 20.6. The number of ketones is 1. The highest BCUT2D eigenvalue weighted by molar-refractivity contribution is 6.16. The minimum Gasteiger partial charge on any atom is -0.504 e. The molecule has 0 fully saturated rings. The third kappa shape index (κ3) is 3.05. The molecule has 0 spiro atoms. The predicted octanol–water partition coefficient (Wildman–Crippen LogP) is 2.59. The molecule has 3 N–H and O–H groups in total. The Morgan fingerprint density at radius 1 is 1.07 bits per heavy atom. The molecule has 144 valence electrons. The van der Waals surface area contributed by atoms with Crippen molar-refractivity contribution < 1.29 is 34.4 Å². The van der Waals surface area contributed by atoms with E-state index in [-0.39, 0.29) is 22.6 Å². The van der Waals surface area contributed by atoms with E-state index in [2.05, 4.69) is 0 Å². The number of methoxy groups -OCH3 is 1. The van der Waals surface area contributed by atoms with Crippen LogP contribution in [0.3, 0.4) is 0 Å². The van der Waals surface area contributed by atoms with Crippen LogP contribution in [0, 0.1) is 0 Å². The van der Waals surface area contributed by atoms with Crippen molar-refractivity contribution in [1.29, 1.82) is 0 Å². The zero-order valence-corrected chi connectivity index (χ0v) is 15.0. The average molecular weight is 383 g/mol. The molecule has 0 aromatic heterocycles. The Balaban J connectivity index is 2.16. The van der Waals surface area contributed by atoms with Gasteiger partial charge in [-0.2, -0.15) is 0 Å². The molecule has 1 aliphatic rings. The number of Topliss-reactive ketones (excluding diaryl/α,β-unsaturated/α-hetero) is 1. The number of amides is 1. The van der Waals surface area contributed by atoms with Crippen LogP contribution in [-0.2, 0) is 9.59 Å². The molecule has 28 heavy (non-hydrogen) atoms. The summed E-state index contributed by atoms with van der Waals surface area (Å²) in [5, 5.41) is 29.2. The Morgan fingerprint density at radius 3 is 2.25 bits per heavy atom. The van der Waals surface area contributed by atoms with E-state index in [4.69, 9.17) is 9.84 Å². The summed E-state index contributed by atoms with van der Waals surface area (Å²) in [6.07, 6.45) is 0. The molecule has 1 atom stereocenters. The molecule has 8 heteroatoms. The quantitative estimate of drug-likeness (QED) is 0.725. The second kappa shape index (κ2) is 7.07. The number of ether oxygens (including phenoxy) is 1. The fourth-order valence-corrected chi connectivity index (χ4v) is 3.18. The van der Waals surface area contributed by atoms with Gasteiger partial charge < -0.3 is 20.1 Å². The Morgan fingerprint density at radius 2 is 1.71 bits per heavy atom. The SMILES string of the molecule is COc1cc([C@@H]2C(C(C)=O)=C(O)C(=O)N2c2ccc(C(=O)O)cc2)ccc1O. The molecule has 0 unspecified atom stereocenters. The number of carboxylic acids is 1. The highest BCUT2D eigenvalue weighted by Gasteiger charge is 2.43. The highest BCUT2D eigenvalue weighted by atomic mass is 16.5. The summed E-state index contributed by atoms with van der Waals surface area (Å²) in [6.45, 7) is 1.24. The van der Waals surface area contributed by atoms with Crippen LogP contribution in [0.25, 0.3) is 0 Å². The lowest BCUT2D eigenvalue weighted by atomic mass is 9.96. The third-order valence-electron chi connectivity index (χ3n) is 4.50. The van der Waals surface area contributed by atoms with Gasteiger partial charge in [-0.1, -0.05) is 6.07 Å². The normalized spacial score (nSPS) is 16.4. The van der Waals surface area contributed by atoms with Gasteiger partial charge in [0.2, 0.25) is 0 Å². The summed E-state index contributed by atoms with van der Waals surface area (Å²) in [5.74, 6) is -3.06. The number of phenolic OH excluding ortho intramolecular Hbond substituents is 1. The molecule has 2 aromatic carbocycles. The number of aromatic carboxylic acids is 1. The van der Waals surface area contributed by atoms with E-state index in [1.54, 1.807) is 0 Å². The first-order valence-electron chi connectivity index (χ1n) is 8.24. The fourth-order valence-electron chi connectivity index (χ4n) is 3.18. The van der Waals surface area contributed by atoms with Crippen LogP contribution in [0.15, 0.2) is 53.8 Å². The number of benzene rings is 2. The molecule has 1 aliphatic heterocycles. The smallest absolute Gasteiger partial charge is 0.335 e. The summed E-state index contributed by atoms with van der Waals surface area (Å²) < 4.78 is 5.10. The van der Waals surface area contributed by atoms with Crippen LogP contribution in [0.1, 0.15) is 28.9 Å². The molecule has 3 rings (SSSR count). The van der Waals surface area contributed by atoms with Crippen LogP contribution in [0.2, 0.25) is 0 Å². The van der Waals surface area contributed by atoms with Crippen molar-refractivity contribution in [2.24, 2.45) is 0 Å². The second-order valence-corrected chi connectivity index (χ2v) is 6.18. The minimum absolute atomic E-state index is 0.0298. The van der Waals surface area contributed by atoms with Gasteiger partial charge >= 0.3 is 5.97 Å². The van der Waals surface area contributed by atoms with Gasteiger partial charge in [0.05, 0.1) is 24.3 Å². The number of carbonyl (C=O) groups excluding carboxylic acids is 2. The fraction of sp³-hybridized carbons (Fsp3) is 0.150. The molecule has 2 aromatic rings. The molecule has 0 aliphatic carbocycles. The van der Waals surface area contributed by atoms with Gasteiger partial charge in [-0.05, 0) is 48.9 Å². The number of carboxylic acid groups (broad SMARTS) is 1. The number of aromatic hydroxyl groups is 1. The summed E-state index contributed by atoms with van der Waals surface area (Å²) in [4.78, 5) is 37.2. The molecule has 0 bridgehead atoms. The Hall–Kier alpha value is -3.81. The van der Waals surface area contributed by atoms with Gasteiger partial charge in [-0.3, -0.25) is 14.5 Å². The first-order valence-corrected chi connectivity index (χ1v) is 8.24. The molecular formula is C20H17NO7. The largest absolute Gasteiger partial charge is 0.504 e. The third-order valence-corrected chi connectivity index (χ3v) is 4.50. The molecule has 0 radical (unpaired) electrons. The molecule has 1 heterocycles. The maximum Gasteiger partial charge on any atom is 0.335 e. The van der Waals surface area contributed by atoms with Crippen molar-refractivity contribution in [3.05, 3.63) is 64.9 Å². The maximum atomic E-state index is 12.7. The number of carbonyl (C=O) groups is 3. The van der Waals surface area contributed by atoms with Crippen molar-refractivity contribution >= 4 is 23.3 Å². The van der Waals surface area contributed by atoms with Gasteiger partial charge in [0.15, 0.2) is 23.0 Å². The minimum atomic E-state index is -1.12. The summed E-state index contributed by atoms with van der Waals surface area (Å²) in [5.41, 5.74) is 0.664. The van der Waals surface area contributed by atoms with Crippen molar-refractivity contribution in [1.82, 2.24) is 0 Å². The molecule has 0 saturated heterocycles. The second-order valence-electron chi connectivity index (χ2n) is 6.18. The first-order chi connectivity index (χ1) is 13.3. The summed E-state index contributed by atoms with van der Waals surface area (Å²) >= 11 is 0. The van der Waals surface area contributed by atoms with E-state index in [1.165, 1.54) is 61.4 Å². The van der Waals surface area contributed by atoms with Crippen molar-refractivity contribution in [3.8, 4) is 11.5 Å². The summed E-state index contributed by atoms with van der Waals surface area (Å²) in [7, 11) is 1.36. The Labute approximate surface area is 159 Å². The number of hydrogen-bond donors (Lipinski definition) is 3. The molecule has 1 amide bonds. The lowest BCUT2D eigenvalue weighted by molar-refractivity contribution is -0.117. The molecular weight excluding hydrogens is 366 g/mol. The summed E-state index contributed by atoms with van der Waals surface area (Å²) in [6, 6.07) is 8.85. The van der Waals surface area contributed by atoms with Gasteiger partial charge in [0.25, 0.3) is 5.91 Å². The van der Waals surface area contributed by atoms with E-state index in [0.717, 1.165) is 0 Å². The molecule has 8 nitrogen and oxygen atoms in total. The highest BCUT2D eigenvalue weighted by Crippen LogP contribution is 2.42. The average Bonchev–Trinajstić information content (AvgIpc) is 2.93. The van der Waals surface area contributed by atoms with Crippen molar-refractivity contribution in [3.63, 3.8) is 0 Å². The predicted molar refractivity (Wildman–Crippen MR) is 98.6 cm³/mol.